The van der Waals surface area contributed by atoms with Crippen LogP contribution in [0.1, 0.15) is 5.56 Å². The molecule has 0 spiro atoms. The van der Waals surface area contributed by atoms with E-state index in [2.05, 4.69) is 0 Å². The van der Waals surface area contributed by atoms with Gasteiger partial charge in [-0.1, -0.05) is 17.7 Å². The maximum atomic E-state index is 11.9. The fraction of sp³-hybridized carbons (Fsp3) is 0.167. The van der Waals surface area contributed by atoms with E-state index in [1.807, 2.05) is 19.1 Å². The Morgan fingerprint density at radius 1 is 1.38 bits per heavy atom. The summed E-state index contributed by atoms with van der Waals surface area (Å²) in [6.07, 6.45) is 1.51. The number of pyridine rings is 1. The number of hydrogen-bond acceptors (Lipinski definition) is 2. The van der Waals surface area contributed by atoms with Crippen molar-refractivity contribution in [3.8, 4) is 0 Å². The van der Waals surface area contributed by atoms with Crippen LogP contribution in [0.25, 0.3) is 10.8 Å². The van der Waals surface area contributed by atoms with Gasteiger partial charge in [-0.15, -0.1) is 0 Å². The number of rotatable bonds is 2. The van der Waals surface area contributed by atoms with Crippen LogP contribution in [0.2, 0.25) is 0 Å². The SMILES string of the molecule is Cc1ccc2c(=O)n(CC(=O)O)ccc2c1. The first kappa shape index (κ1) is 10.4. The van der Waals surface area contributed by atoms with Crippen molar-refractivity contribution < 1.29 is 9.90 Å². The maximum absolute atomic E-state index is 11.9. The van der Waals surface area contributed by atoms with Crippen LogP contribution in [0.3, 0.4) is 0 Å². The molecule has 0 saturated heterocycles. The Labute approximate surface area is 91.8 Å². The van der Waals surface area contributed by atoms with Crippen molar-refractivity contribution in [3.05, 3.63) is 46.4 Å². The van der Waals surface area contributed by atoms with E-state index in [9.17, 15) is 9.59 Å². The molecule has 0 atom stereocenters. The Kier molecular flexibility index (Phi) is 2.48. The predicted molar refractivity (Wildman–Crippen MR) is 60.6 cm³/mol. The summed E-state index contributed by atoms with van der Waals surface area (Å²) >= 11 is 0. The molecule has 0 radical (unpaired) electrons. The Balaban J connectivity index is 2.66. The first-order valence-corrected chi connectivity index (χ1v) is 4.89. The summed E-state index contributed by atoms with van der Waals surface area (Å²) in [5.41, 5.74) is 0.808. The molecule has 0 aliphatic heterocycles. The van der Waals surface area contributed by atoms with Gasteiger partial charge in [-0.25, -0.2) is 0 Å². The summed E-state index contributed by atoms with van der Waals surface area (Å²) in [7, 11) is 0. The van der Waals surface area contributed by atoms with Crippen molar-refractivity contribution in [1.29, 1.82) is 0 Å². The zero-order chi connectivity index (χ0) is 11.7. The second-order valence-electron chi connectivity index (χ2n) is 3.73. The number of aromatic nitrogens is 1. The molecular formula is C12H11NO3. The molecule has 2 aromatic rings. The standard InChI is InChI=1S/C12H11NO3/c1-8-2-3-10-9(6-8)4-5-13(12(10)16)7-11(14)15/h2-6H,7H2,1H3,(H,14,15). The summed E-state index contributed by atoms with van der Waals surface area (Å²) in [6.45, 7) is 1.64. The molecule has 0 amide bonds. The number of fused-ring (bicyclic) bond motifs is 1. The van der Waals surface area contributed by atoms with E-state index < -0.39 is 5.97 Å². The largest absolute Gasteiger partial charge is 0.480 e. The zero-order valence-electron chi connectivity index (χ0n) is 8.80. The van der Waals surface area contributed by atoms with Gasteiger partial charge in [-0.05, 0) is 24.4 Å². The van der Waals surface area contributed by atoms with Gasteiger partial charge >= 0.3 is 5.97 Å². The molecule has 0 unspecified atom stereocenters. The summed E-state index contributed by atoms with van der Waals surface area (Å²) in [6, 6.07) is 7.23. The molecule has 0 bridgehead atoms. The highest BCUT2D eigenvalue weighted by molar-refractivity contribution is 5.82. The third kappa shape index (κ3) is 1.82. The van der Waals surface area contributed by atoms with Crippen molar-refractivity contribution in [2.24, 2.45) is 0 Å². The first-order valence-electron chi connectivity index (χ1n) is 4.89. The topological polar surface area (TPSA) is 59.3 Å². The lowest BCUT2D eigenvalue weighted by molar-refractivity contribution is -0.137. The van der Waals surface area contributed by atoms with Crippen molar-refractivity contribution in [2.45, 2.75) is 13.5 Å². The molecule has 0 aliphatic rings. The molecule has 82 valence electrons. The van der Waals surface area contributed by atoms with E-state index in [-0.39, 0.29) is 12.1 Å². The van der Waals surface area contributed by atoms with Crippen LogP contribution >= 0.6 is 0 Å². The lowest BCUT2D eigenvalue weighted by Crippen LogP contribution is -2.23. The predicted octanol–water partition coefficient (Wildman–Crippen LogP) is 1.39. The van der Waals surface area contributed by atoms with Crippen LogP contribution in [0, 0.1) is 6.92 Å². The number of aliphatic carboxylic acids is 1. The maximum Gasteiger partial charge on any atom is 0.323 e. The fourth-order valence-corrected chi connectivity index (χ4v) is 1.68. The van der Waals surface area contributed by atoms with Gasteiger partial charge in [0.1, 0.15) is 6.54 Å². The third-order valence-electron chi connectivity index (χ3n) is 2.44. The zero-order valence-corrected chi connectivity index (χ0v) is 8.80. The average Bonchev–Trinajstić information content (AvgIpc) is 2.22. The van der Waals surface area contributed by atoms with Gasteiger partial charge in [0.25, 0.3) is 5.56 Å². The first-order chi connectivity index (χ1) is 7.58. The quantitative estimate of drug-likeness (QED) is 0.827. The third-order valence-corrected chi connectivity index (χ3v) is 2.44. The molecule has 0 aliphatic carbocycles. The van der Waals surface area contributed by atoms with Gasteiger partial charge in [-0.3, -0.25) is 9.59 Å². The molecule has 1 N–H and O–H groups in total. The van der Waals surface area contributed by atoms with Crippen LogP contribution in [0.15, 0.2) is 35.3 Å². The number of hydrogen-bond donors (Lipinski definition) is 1. The van der Waals surface area contributed by atoms with Gasteiger partial charge in [0, 0.05) is 11.6 Å². The van der Waals surface area contributed by atoms with E-state index in [1.165, 1.54) is 10.8 Å². The highest BCUT2D eigenvalue weighted by atomic mass is 16.4. The van der Waals surface area contributed by atoms with E-state index in [0.717, 1.165) is 10.9 Å². The van der Waals surface area contributed by atoms with Crippen LogP contribution in [0.5, 0.6) is 0 Å². The monoisotopic (exact) mass is 217 g/mol. The molecule has 1 aromatic carbocycles. The van der Waals surface area contributed by atoms with Gasteiger partial charge < -0.3 is 9.67 Å². The number of carbonyl (C=O) groups is 1. The molecule has 16 heavy (non-hydrogen) atoms. The fourth-order valence-electron chi connectivity index (χ4n) is 1.68. The van der Waals surface area contributed by atoms with Crippen molar-refractivity contribution in [3.63, 3.8) is 0 Å². The highest BCUT2D eigenvalue weighted by Gasteiger charge is 2.05. The highest BCUT2D eigenvalue weighted by Crippen LogP contribution is 2.11. The number of aryl methyl sites for hydroxylation is 1. The summed E-state index contributed by atoms with van der Waals surface area (Å²) in [4.78, 5) is 22.4. The van der Waals surface area contributed by atoms with Gasteiger partial charge in [0.2, 0.25) is 0 Å². The van der Waals surface area contributed by atoms with Gasteiger partial charge in [0.15, 0.2) is 0 Å². The van der Waals surface area contributed by atoms with E-state index in [1.54, 1.807) is 12.1 Å². The van der Waals surface area contributed by atoms with Crippen molar-refractivity contribution in [1.82, 2.24) is 4.57 Å². The second-order valence-corrected chi connectivity index (χ2v) is 3.73. The summed E-state index contributed by atoms with van der Waals surface area (Å²) < 4.78 is 1.19. The minimum Gasteiger partial charge on any atom is -0.480 e. The molecule has 0 fully saturated rings. The molecule has 4 heteroatoms. The Hall–Kier alpha value is -2.10. The van der Waals surface area contributed by atoms with Crippen molar-refractivity contribution >= 4 is 16.7 Å². The average molecular weight is 217 g/mol. The van der Waals surface area contributed by atoms with Crippen molar-refractivity contribution in [2.75, 3.05) is 0 Å². The van der Waals surface area contributed by atoms with E-state index in [4.69, 9.17) is 5.11 Å². The Morgan fingerprint density at radius 3 is 2.81 bits per heavy atom. The van der Waals surface area contributed by atoms with E-state index in [0.29, 0.717) is 5.39 Å². The molecule has 4 nitrogen and oxygen atoms in total. The second kappa shape index (κ2) is 3.81. The summed E-state index contributed by atoms with van der Waals surface area (Å²) in [5.74, 6) is -1.02. The normalized spacial score (nSPS) is 10.6. The Bertz CT molecular complexity index is 613. The number of carboxylic acids is 1. The summed E-state index contributed by atoms with van der Waals surface area (Å²) in [5, 5.41) is 10.0. The van der Waals surface area contributed by atoms with Gasteiger partial charge in [0.05, 0.1) is 0 Å². The Morgan fingerprint density at radius 2 is 2.12 bits per heavy atom. The molecule has 1 aromatic heterocycles. The van der Waals surface area contributed by atoms with Crippen LogP contribution < -0.4 is 5.56 Å². The minimum absolute atomic E-state index is 0.264. The minimum atomic E-state index is -1.02. The van der Waals surface area contributed by atoms with Gasteiger partial charge in [-0.2, -0.15) is 0 Å². The molecule has 0 saturated carbocycles. The van der Waals surface area contributed by atoms with Crippen LogP contribution in [-0.2, 0) is 11.3 Å². The molecule has 2 rings (SSSR count). The number of carboxylic acid groups (broad SMARTS) is 1. The van der Waals surface area contributed by atoms with Crippen LogP contribution in [-0.4, -0.2) is 15.6 Å². The number of benzene rings is 1. The van der Waals surface area contributed by atoms with Crippen LogP contribution in [0.4, 0.5) is 0 Å². The molecule has 1 heterocycles. The lowest BCUT2D eigenvalue weighted by Gasteiger charge is -2.04. The number of nitrogens with zero attached hydrogens (tertiary/aromatic N) is 1. The smallest absolute Gasteiger partial charge is 0.323 e. The molecular weight excluding hydrogens is 206 g/mol. The lowest BCUT2D eigenvalue weighted by atomic mass is 10.1. The van der Waals surface area contributed by atoms with E-state index >= 15 is 0 Å².